The van der Waals surface area contributed by atoms with E-state index in [-0.39, 0.29) is 11.7 Å². The summed E-state index contributed by atoms with van der Waals surface area (Å²) in [5, 5.41) is 7.77. The highest BCUT2D eigenvalue weighted by Gasteiger charge is 2.30. The Balaban J connectivity index is 1.99. The Kier molecular flexibility index (Phi) is 3.09. The first-order chi connectivity index (χ1) is 11.5. The number of imidazole rings is 1. The van der Waals surface area contributed by atoms with Crippen LogP contribution in [-0.4, -0.2) is 34.9 Å². The fraction of sp³-hybridized carbons (Fsp3) is 0.375. The van der Waals surface area contributed by atoms with Crippen LogP contribution in [0.2, 0.25) is 0 Å². The van der Waals surface area contributed by atoms with E-state index >= 15 is 0 Å². The van der Waals surface area contributed by atoms with Crippen LogP contribution in [0, 0.1) is 6.92 Å². The maximum Gasteiger partial charge on any atom is 0.331 e. The third-order valence-electron chi connectivity index (χ3n) is 4.35. The molecule has 8 nitrogen and oxygen atoms in total. The second kappa shape index (κ2) is 5.05. The number of hydrogen-bond acceptors (Lipinski definition) is 5. The highest BCUT2D eigenvalue weighted by molar-refractivity contribution is 5.73. The van der Waals surface area contributed by atoms with Crippen LogP contribution >= 0.6 is 0 Å². The molecule has 0 saturated carbocycles. The van der Waals surface area contributed by atoms with Crippen LogP contribution in [0.25, 0.3) is 23.0 Å². The highest BCUT2D eigenvalue weighted by atomic mass is 16.1. The Morgan fingerprint density at radius 3 is 2.92 bits per heavy atom. The van der Waals surface area contributed by atoms with Crippen LogP contribution in [0.3, 0.4) is 0 Å². The summed E-state index contributed by atoms with van der Waals surface area (Å²) in [6.45, 7) is 8.77. The number of aromatic nitrogens is 6. The van der Waals surface area contributed by atoms with Gasteiger partial charge in [0.2, 0.25) is 0 Å². The Morgan fingerprint density at radius 2 is 2.25 bits per heavy atom. The van der Waals surface area contributed by atoms with Gasteiger partial charge in [0.25, 0.3) is 0 Å². The van der Waals surface area contributed by atoms with Crippen molar-refractivity contribution < 1.29 is 0 Å². The molecule has 4 rings (SSSR count). The number of aryl methyl sites for hydroxylation is 2. The summed E-state index contributed by atoms with van der Waals surface area (Å²) in [5.74, 6) is 1.82. The molecule has 0 aromatic carbocycles. The van der Waals surface area contributed by atoms with Gasteiger partial charge in [0.15, 0.2) is 11.6 Å². The average molecular weight is 325 g/mol. The normalized spacial score (nSPS) is 16.4. The molecule has 124 valence electrons. The van der Waals surface area contributed by atoms with Gasteiger partial charge in [-0.05, 0) is 19.9 Å². The standard InChI is InChI=1S/C16H19N7O/c1-5-6-22-15-12(14-17-9(2)8-23(14)16(22)24)18-13(19-15)11-7-10(3)21(4)20-11/h5,7,9,17H,1,6,8H2,2-4H3/t9-/m1/s1. The van der Waals surface area contributed by atoms with Gasteiger partial charge in [-0.25, -0.2) is 14.8 Å². The van der Waals surface area contributed by atoms with Crippen LogP contribution in [-0.2, 0) is 20.1 Å². The van der Waals surface area contributed by atoms with Crippen molar-refractivity contribution in [2.24, 2.45) is 7.05 Å². The third kappa shape index (κ3) is 1.99. The predicted molar refractivity (Wildman–Crippen MR) is 91.1 cm³/mol. The quantitative estimate of drug-likeness (QED) is 0.733. The fourth-order valence-corrected chi connectivity index (χ4v) is 3.09. The summed E-state index contributed by atoms with van der Waals surface area (Å²) in [5.41, 5.74) is 2.32. The smallest absolute Gasteiger partial charge is 0.331 e. The van der Waals surface area contributed by atoms with Crippen molar-refractivity contribution in [1.29, 1.82) is 0 Å². The monoisotopic (exact) mass is 325 g/mol. The molecule has 3 aliphatic heterocycles. The largest absolute Gasteiger partial charge is 0.365 e. The molecule has 0 fully saturated rings. The number of nitrogens with zero attached hydrogens (tertiary/aromatic N) is 6. The molecule has 0 aliphatic carbocycles. The fourth-order valence-electron chi connectivity index (χ4n) is 3.09. The highest BCUT2D eigenvalue weighted by Crippen LogP contribution is 2.32. The van der Waals surface area contributed by atoms with Crippen molar-refractivity contribution in [2.45, 2.75) is 33.0 Å². The molecule has 1 atom stereocenters. The summed E-state index contributed by atoms with van der Waals surface area (Å²) >= 11 is 0. The van der Waals surface area contributed by atoms with Gasteiger partial charge in [0.05, 0.1) is 0 Å². The lowest BCUT2D eigenvalue weighted by atomic mass is 10.3. The van der Waals surface area contributed by atoms with E-state index in [1.54, 1.807) is 19.9 Å². The zero-order valence-corrected chi connectivity index (χ0v) is 13.9. The van der Waals surface area contributed by atoms with E-state index in [4.69, 9.17) is 0 Å². The van der Waals surface area contributed by atoms with Gasteiger partial charge in [0.1, 0.15) is 17.2 Å². The Bertz CT molecular complexity index is 958. The molecule has 24 heavy (non-hydrogen) atoms. The maximum atomic E-state index is 12.8. The lowest BCUT2D eigenvalue weighted by Crippen LogP contribution is -2.31. The summed E-state index contributed by atoms with van der Waals surface area (Å²) in [6.07, 6.45) is 1.69. The molecule has 1 aromatic heterocycles. The number of nitrogens with one attached hydrogen (secondary N) is 1. The molecule has 1 aromatic rings. The van der Waals surface area contributed by atoms with Crippen LogP contribution in [0.15, 0.2) is 23.5 Å². The first-order valence-electron chi connectivity index (χ1n) is 7.89. The van der Waals surface area contributed by atoms with Crippen LogP contribution in [0.4, 0.5) is 5.82 Å². The van der Waals surface area contributed by atoms with Gasteiger partial charge < -0.3 is 5.32 Å². The average Bonchev–Trinajstić information content (AvgIpc) is 3.21. The molecule has 0 amide bonds. The number of anilines is 1. The molecule has 3 aliphatic rings. The number of fused-ring (bicyclic) bond motifs is 3. The first-order valence-corrected chi connectivity index (χ1v) is 7.89. The van der Waals surface area contributed by atoms with E-state index < -0.39 is 0 Å². The van der Waals surface area contributed by atoms with E-state index in [9.17, 15) is 4.79 Å². The SMILES string of the molecule is C=CCn1c2nc(-c3cc(C)n(C)n3)nc-2c2n(c1=O)C[C@@H](C)N2. The van der Waals surface area contributed by atoms with Crippen molar-refractivity contribution in [2.75, 3.05) is 5.32 Å². The zero-order chi connectivity index (χ0) is 17.0. The molecule has 4 heterocycles. The van der Waals surface area contributed by atoms with E-state index in [2.05, 4.69) is 27.0 Å². The number of hydrogen-bond donors (Lipinski definition) is 1. The van der Waals surface area contributed by atoms with Gasteiger partial charge in [0, 0.05) is 31.9 Å². The number of allylic oxidation sites excluding steroid dienone is 1. The first kappa shape index (κ1) is 14.7. The molecule has 0 unspecified atom stereocenters. The molecular weight excluding hydrogens is 306 g/mol. The van der Waals surface area contributed by atoms with Crippen molar-refractivity contribution in [3.63, 3.8) is 0 Å². The second-order valence-electron chi connectivity index (χ2n) is 6.20. The van der Waals surface area contributed by atoms with Gasteiger partial charge in [-0.1, -0.05) is 6.08 Å². The van der Waals surface area contributed by atoms with E-state index in [1.807, 2.05) is 27.0 Å². The third-order valence-corrected chi connectivity index (χ3v) is 4.35. The second-order valence-corrected chi connectivity index (χ2v) is 6.20. The van der Waals surface area contributed by atoms with E-state index in [0.29, 0.717) is 36.1 Å². The molecule has 0 radical (unpaired) electrons. The molecule has 8 heteroatoms. The van der Waals surface area contributed by atoms with Gasteiger partial charge >= 0.3 is 5.69 Å². The Hall–Kier alpha value is -2.90. The molecular formula is C16H19N7O. The van der Waals surface area contributed by atoms with Gasteiger partial charge in [-0.3, -0.25) is 13.8 Å². The van der Waals surface area contributed by atoms with Gasteiger partial charge in [-0.15, -0.1) is 6.58 Å². The Labute approximate surface area is 138 Å². The molecule has 0 saturated heterocycles. The van der Waals surface area contributed by atoms with Crippen molar-refractivity contribution >= 4 is 5.82 Å². The zero-order valence-electron chi connectivity index (χ0n) is 13.9. The van der Waals surface area contributed by atoms with Crippen LogP contribution in [0.1, 0.15) is 12.6 Å². The lowest BCUT2D eigenvalue weighted by Gasteiger charge is -2.12. The van der Waals surface area contributed by atoms with E-state index in [0.717, 1.165) is 11.5 Å². The lowest BCUT2D eigenvalue weighted by molar-refractivity contribution is 0.610. The van der Waals surface area contributed by atoms with E-state index in [1.165, 1.54) is 0 Å². The molecule has 0 bridgehead atoms. The minimum Gasteiger partial charge on any atom is -0.365 e. The van der Waals surface area contributed by atoms with Crippen molar-refractivity contribution in [3.05, 3.63) is 34.9 Å². The Morgan fingerprint density at radius 1 is 1.46 bits per heavy atom. The minimum atomic E-state index is -0.0992. The predicted octanol–water partition coefficient (Wildman–Crippen LogP) is 1.25. The van der Waals surface area contributed by atoms with Crippen molar-refractivity contribution in [1.82, 2.24) is 28.9 Å². The van der Waals surface area contributed by atoms with Gasteiger partial charge in [-0.2, -0.15) is 5.10 Å². The molecule has 0 spiro atoms. The summed E-state index contributed by atoms with van der Waals surface area (Å²) < 4.78 is 5.11. The topological polar surface area (TPSA) is 82.6 Å². The maximum absolute atomic E-state index is 12.8. The summed E-state index contributed by atoms with van der Waals surface area (Å²) in [4.78, 5) is 22.0. The van der Waals surface area contributed by atoms with Crippen LogP contribution < -0.4 is 11.0 Å². The van der Waals surface area contributed by atoms with Crippen LogP contribution in [0.5, 0.6) is 0 Å². The molecule has 1 N–H and O–H groups in total. The number of rotatable bonds is 3. The van der Waals surface area contributed by atoms with Crippen molar-refractivity contribution in [3.8, 4) is 23.0 Å². The summed E-state index contributed by atoms with van der Waals surface area (Å²) in [7, 11) is 1.88. The minimum absolute atomic E-state index is 0.0992. The summed E-state index contributed by atoms with van der Waals surface area (Å²) in [6, 6.07) is 2.12.